The Morgan fingerprint density at radius 2 is 1.75 bits per heavy atom. The van der Waals surface area contributed by atoms with E-state index in [-0.39, 0.29) is 24.3 Å². The van der Waals surface area contributed by atoms with Crippen molar-refractivity contribution >= 4 is 23.4 Å². The third-order valence-electron chi connectivity index (χ3n) is 4.52. The number of nitrogens with one attached hydrogen (secondary N) is 1. The maximum absolute atomic E-state index is 13.2. The van der Waals surface area contributed by atoms with Crippen LogP contribution < -0.4 is 5.32 Å². The minimum Gasteiger partial charge on any atom is -0.352 e. The van der Waals surface area contributed by atoms with Gasteiger partial charge >= 0.3 is 0 Å². The number of hydrogen-bond donors (Lipinski definition) is 1. The van der Waals surface area contributed by atoms with Crippen molar-refractivity contribution in [3.05, 3.63) is 70.2 Å². The Bertz CT molecular complexity index is 803. The molecule has 4 nitrogen and oxygen atoms in total. The normalized spacial score (nSPS) is 11.9. The highest BCUT2D eigenvalue weighted by molar-refractivity contribution is 6.30. The number of halogens is 1. The summed E-state index contributed by atoms with van der Waals surface area (Å²) in [4.78, 5) is 27.6. The van der Waals surface area contributed by atoms with Crippen LogP contribution in [0.25, 0.3) is 0 Å². The second kappa shape index (κ2) is 10.3. The first kappa shape index (κ1) is 22.0. The van der Waals surface area contributed by atoms with Gasteiger partial charge in [-0.1, -0.05) is 60.5 Å². The zero-order valence-electron chi connectivity index (χ0n) is 17.0. The van der Waals surface area contributed by atoms with Crippen molar-refractivity contribution in [2.24, 2.45) is 0 Å². The number of benzene rings is 2. The standard InChI is InChI=1S/C23H29ClN2O2/c1-5-21(23(28)25-16(2)3)26(15-18-9-11-20(24)12-10-18)22(27)14-19-8-6-7-17(4)13-19/h6-13,16,21H,5,14-15H2,1-4H3,(H,25,28). The van der Waals surface area contributed by atoms with Gasteiger partial charge in [-0.15, -0.1) is 0 Å². The van der Waals surface area contributed by atoms with Gasteiger partial charge in [-0.3, -0.25) is 9.59 Å². The predicted octanol–water partition coefficient (Wildman–Crippen LogP) is 4.52. The van der Waals surface area contributed by atoms with Crippen LogP contribution in [0.4, 0.5) is 0 Å². The van der Waals surface area contributed by atoms with E-state index in [0.29, 0.717) is 18.0 Å². The number of amides is 2. The lowest BCUT2D eigenvalue weighted by molar-refractivity contribution is -0.141. The molecule has 2 rings (SSSR count). The molecule has 1 N–H and O–H groups in total. The molecule has 0 aromatic heterocycles. The number of carbonyl (C=O) groups excluding carboxylic acids is 2. The minimum atomic E-state index is -0.518. The molecule has 150 valence electrons. The van der Waals surface area contributed by atoms with Gasteiger partial charge in [-0.25, -0.2) is 0 Å². The minimum absolute atomic E-state index is 0.0193. The number of nitrogens with zero attached hydrogens (tertiary/aromatic N) is 1. The Balaban J connectivity index is 2.28. The number of carbonyl (C=O) groups is 2. The molecule has 0 saturated heterocycles. The van der Waals surface area contributed by atoms with Crippen LogP contribution in [0.1, 0.15) is 43.9 Å². The smallest absolute Gasteiger partial charge is 0.243 e. The Hall–Kier alpha value is -2.33. The van der Waals surface area contributed by atoms with Gasteiger partial charge in [-0.2, -0.15) is 0 Å². The van der Waals surface area contributed by atoms with Crippen molar-refractivity contribution in [3.8, 4) is 0 Å². The third-order valence-corrected chi connectivity index (χ3v) is 4.77. The lowest BCUT2D eigenvalue weighted by Crippen LogP contribution is -2.50. The van der Waals surface area contributed by atoms with Crippen molar-refractivity contribution in [1.82, 2.24) is 10.2 Å². The van der Waals surface area contributed by atoms with Crippen LogP contribution in [-0.2, 0) is 22.6 Å². The highest BCUT2D eigenvalue weighted by Crippen LogP contribution is 2.17. The molecule has 2 aromatic rings. The molecule has 0 aliphatic carbocycles. The fourth-order valence-electron chi connectivity index (χ4n) is 3.18. The molecular formula is C23H29ClN2O2. The molecule has 1 unspecified atom stereocenters. The summed E-state index contributed by atoms with van der Waals surface area (Å²) in [5.74, 6) is -0.185. The average Bonchev–Trinajstić information content (AvgIpc) is 2.62. The fourth-order valence-corrected chi connectivity index (χ4v) is 3.31. The SMILES string of the molecule is CCC(C(=O)NC(C)C)N(Cc1ccc(Cl)cc1)C(=O)Cc1cccc(C)c1. The average molecular weight is 401 g/mol. The summed E-state index contributed by atoms with van der Waals surface area (Å²) in [6.45, 7) is 8.14. The summed E-state index contributed by atoms with van der Waals surface area (Å²) in [6, 6.07) is 14.8. The zero-order valence-corrected chi connectivity index (χ0v) is 17.8. The summed E-state index contributed by atoms with van der Waals surface area (Å²) in [6.07, 6.45) is 0.812. The summed E-state index contributed by atoms with van der Waals surface area (Å²) < 4.78 is 0. The van der Waals surface area contributed by atoms with E-state index < -0.39 is 6.04 Å². The van der Waals surface area contributed by atoms with Gasteiger partial charge in [-0.05, 0) is 50.5 Å². The quantitative estimate of drug-likeness (QED) is 0.708. The van der Waals surface area contributed by atoms with Crippen LogP contribution in [0.3, 0.4) is 0 Å². The van der Waals surface area contributed by atoms with E-state index in [9.17, 15) is 9.59 Å². The van der Waals surface area contributed by atoms with E-state index >= 15 is 0 Å². The predicted molar refractivity (Wildman–Crippen MR) is 114 cm³/mol. The molecule has 0 fully saturated rings. The van der Waals surface area contributed by atoms with Crippen molar-refractivity contribution in [1.29, 1.82) is 0 Å². The molecule has 1 atom stereocenters. The summed E-state index contributed by atoms with van der Waals surface area (Å²) in [7, 11) is 0. The van der Waals surface area contributed by atoms with Crippen LogP contribution in [-0.4, -0.2) is 28.8 Å². The molecule has 0 aliphatic heterocycles. The molecule has 0 bridgehead atoms. The zero-order chi connectivity index (χ0) is 20.7. The van der Waals surface area contributed by atoms with Crippen molar-refractivity contribution < 1.29 is 9.59 Å². The number of aryl methyl sites for hydroxylation is 1. The van der Waals surface area contributed by atoms with Gasteiger partial charge in [0.2, 0.25) is 11.8 Å². The second-order valence-corrected chi connectivity index (χ2v) is 7.84. The molecule has 2 aromatic carbocycles. The molecular weight excluding hydrogens is 372 g/mol. The topological polar surface area (TPSA) is 49.4 Å². The molecule has 5 heteroatoms. The Morgan fingerprint density at radius 3 is 2.32 bits per heavy atom. The Morgan fingerprint density at radius 1 is 1.07 bits per heavy atom. The first-order valence-electron chi connectivity index (χ1n) is 9.70. The lowest BCUT2D eigenvalue weighted by Gasteiger charge is -2.31. The van der Waals surface area contributed by atoms with Gasteiger partial charge in [0.1, 0.15) is 6.04 Å². The van der Waals surface area contributed by atoms with E-state index in [1.54, 1.807) is 17.0 Å². The van der Waals surface area contributed by atoms with Crippen LogP contribution in [0.5, 0.6) is 0 Å². The van der Waals surface area contributed by atoms with Gasteiger partial charge in [0.05, 0.1) is 6.42 Å². The summed E-state index contributed by atoms with van der Waals surface area (Å²) in [5.41, 5.74) is 3.00. The van der Waals surface area contributed by atoms with Crippen LogP contribution in [0.15, 0.2) is 48.5 Å². The molecule has 0 radical (unpaired) electrons. The first-order chi connectivity index (χ1) is 13.3. The van der Waals surface area contributed by atoms with E-state index in [2.05, 4.69) is 5.32 Å². The maximum Gasteiger partial charge on any atom is 0.243 e. The van der Waals surface area contributed by atoms with Gasteiger partial charge in [0.15, 0.2) is 0 Å². The largest absolute Gasteiger partial charge is 0.352 e. The van der Waals surface area contributed by atoms with Crippen LogP contribution in [0, 0.1) is 6.92 Å². The van der Waals surface area contributed by atoms with Crippen molar-refractivity contribution in [2.75, 3.05) is 0 Å². The van der Waals surface area contributed by atoms with Gasteiger partial charge < -0.3 is 10.2 Å². The van der Waals surface area contributed by atoms with E-state index in [1.165, 1.54) is 0 Å². The third kappa shape index (κ3) is 6.38. The Kier molecular flexibility index (Phi) is 8.06. The van der Waals surface area contributed by atoms with E-state index in [0.717, 1.165) is 16.7 Å². The van der Waals surface area contributed by atoms with Crippen LogP contribution >= 0.6 is 11.6 Å². The highest BCUT2D eigenvalue weighted by atomic mass is 35.5. The van der Waals surface area contributed by atoms with E-state index in [1.807, 2.05) is 64.1 Å². The van der Waals surface area contributed by atoms with Gasteiger partial charge in [0, 0.05) is 17.6 Å². The highest BCUT2D eigenvalue weighted by Gasteiger charge is 2.28. The number of hydrogen-bond acceptors (Lipinski definition) is 2. The second-order valence-electron chi connectivity index (χ2n) is 7.40. The molecule has 0 spiro atoms. The number of rotatable bonds is 8. The summed E-state index contributed by atoms with van der Waals surface area (Å²) in [5, 5.41) is 3.59. The summed E-state index contributed by atoms with van der Waals surface area (Å²) >= 11 is 5.99. The Labute approximate surface area is 172 Å². The van der Waals surface area contributed by atoms with Crippen molar-refractivity contribution in [3.63, 3.8) is 0 Å². The van der Waals surface area contributed by atoms with Crippen molar-refractivity contribution in [2.45, 2.75) is 59.2 Å². The molecule has 0 saturated carbocycles. The molecule has 2 amide bonds. The molecule has 0 aliphatic rings. The fraction of sp³-hybridized carbons (Fsp3) is 0.391. The maximum atomic E-state index is 13.2. The monoisotopic (exact) mass is 400 g/mol. The van der Waals surface area contributed by atoms with Gasteiger partial charge in [0.25, 0.3) is 0 Å². The lowest BCUT2D eigenvalue weighted by atomic mass is 10.0. The molecule has 28 heavy (non-hydrogen) atoms. The van der Waals surface area contributed by atoms with Crippen LogP contribution in [0.2, 0.25) is 5.02 Å². The van der Waals surface area contributed by atoms with E-state index in [4.69, 9.17) is 11.6 Å². The molecule has 0 heterocycles. The first-order valence-corrected chi connectivity index (χ1v) is 10.1.